The first-order chi connectivity index (χ1) is 14.6. The van der Waals surface area contributed by atoms with E-state index >= 15 is 0 Å². The Morgan fingerprint density at radius 3 is 2.70 bits per heavy atom. The molecule has 30 heavy (non-hydrogen) atoms. The van der Waals surface area contributed by atoms with Crippen molar-refractivity contribution in [2.24, 2.45) is 0 Å². The molecule has 7 heteroatoms. The predicted octanol–water partition coefficient (Wildman–Crippen LogP) is 5.08. The number of aromatic nitrogens is 2. The number of imidazole rings is 1. The van der Waals surface area contributed by atoms with E-state index in [9.17, 15) is 0 Å². The van der Waals surface area contributed by atoms with Crippen LogP contribution in [0.15, 0.2) is 72.1 Å². The highest BCUT2D eigenvalue weighted by Crippen LogP contribution is 2.33. The zero-order valence-corrected chi connectivity index (χ0v) is 18.4. The quantitative estimate of drug-likeness (QED) is 0.430. The van der Waals surface area contributed by atoms with Crippen LogP contribution in [0.25, 0.3) is 0 Å². The summed E-state index contributed by atoms with van der Waals surface area (Å²) in [7, 11) is 1.68. The van der Waals surface area contributed by atoms with Crippen molar-refractivity contribution in [3.05, 3.63) is 77.8 Å². The van der Waals surface area contributed by atoms with Gasteiger partial charge < -0.3 is 18.8 Å². The van der Waals surface area contributed by atoms with Gasteiger partial charge in [0.15, 0.2) is 5.79 Å². The Morgan fingerprint density at radius 1 is 1.20 bits per heavy atom. The van der Waals surface area contributed by atoms with Crippen LogP contribution in [-0.4, -0.2) is 40.9 Å². The lowest BCUT2D eigenvalue weighted by atomic mass is 10.0. The van der Waals surface area contributed by atoms with E-state index in [0.717, 1.165) is 29.4 Å². The molecule has 0 radical (unpaired) electrons. The lowest BCUT2D eigenvalue weighted by Gasteiger charge is -2.28. The topological polar surface area (TPSA) is 45.5 Å². The molecule has 2 atom stereocenters. The number of thioether (sulfide) groups is 1. The molecule has 0 aliphatic carbocycles. The molecule has 1 aromatic heterocycles. The molecule has 1 saturated heterocycles. The Hall–Kier alpha value is -1.99. The number of halogens is 1. The summed E-state index contributed by atoms with van der Waals surface area (Å²) in [6, 6.07) is 16.0. The second kappa shape index (κ2) is 9.88. The fourth-order valence-corrected chi connectivity index (χ4v) is 4.49. The Kier molecular flexibility index (Phi) is 7.00. The highest BCUT2D eigenvalue weighted by Gasteiger charge is 2.41. The molecule has 158 valence electrons. The summed E-state index contributed by atoms with van der Waals surface area (Å²) in [5.41, 5.74) is 1.22. The monoisotopic (exact) mass is 444 g/mol. The molecule has 0 N–H and O–H groups in total. The summed E-state index contributed by atoms with van der Waals surface area (Å²) in [6.07, 6.45) is 7.16. The van der Waals surface area contributed by atoms with Gasteiger partial charge in [-0.3, -0.25) is 0 Å². The molecular formula is C23H25ClN2O3S. The van der Waals surface area contributed by atoms with Crippen LogP contribution in [0, 0.1) is 0 Å². The largest absolute Gasteiger partial charge is 0.497 e. The maximum Gasteiger partial charge on any atom is 0.187 e. The molecule has 4 rings (SSSR count). The van der Waals surface area contributed by atoms with Crippen molar-refractivity contribution < 1.29 is 14.2 Å². The van der Waals surface area contributed by atoms with Gasteiger partial charge in [-0.1, -0.05) is 23.7 Å². The van der Waals surface area contributed by atoms with Gasteiger partial charge in [0.05, 0.1) is 32.7 Å². The Bertz CT molecular complexity index is 919. The van der Waals surface area contributed by atoms with Gasteiger partial charge in [-0.15, -0.1) is 11.8 Å². The number of hydrogen-bond donors (Lipinski definition) is 0. The van der Waals surface area contributed by atoms with Crippen molar-refractivity contribution in [2.45, 2.75) is 36.2 Å². The van der Waals surface area contributed by atoms with Crippen molar-refractivity contribution in [3.63, 3.8) is 0 Å². The number of benzene rings is 2. The van der Waals surface area contributed by atoms with E-state index in [1.165, 1.54) is 10.5 Å². The average Bonchev–Trinajstić information content (AvgIpc) is 3.43. The van der Waals surface area contributed by atoms with Crippen LogP contribution in [0.3, 0.4) is 0 Å². The van der Waals surface area contributed by atoms with Gasteiger partial charge in [0.25, 0.3) is 0 Å². The van der Waals surface area contributed by atoms with E-state index in [0.29, 0.717) is 13.2 Å². The zero-order valence-electron chi connectivity index (χ0n) is 16.9. The van der Waals surface area contributed by atoms with E-state index in [1.807, 2.05) is 35.0 Å². The van der Waals surface area contributed by atoms with Crippen LogP contribution in [0.4, 0.5) is 0 Å². The number of rotatable bonds is 9. The lowest BCUT2D eigenvalue weighted by Crippen LogP contribution is -2.37. The van der Waals surface area contributed by atoms with Crippen LogP contribution in [0.1, 0.15) is 12.0 Å². The van der Waals surface area contributed by atoms with Gasteiger partial charge >= 0.3 is 0 Å². The zero-order chi connectivity index (χ0) is 20.8. The van der Waals surface area contributed by atoms with Crippen LogP contribution in [0.5, 0.6) is 5.75 Å². The maximum atomic E-state index is 6.49. The first kappa shape index (κ1) is 21.2. The normalized spacial score (nSPS) is 21.1. The smallest absolute Gasteiger partial charge is 0.187 e. The summed E-state index contributed by atoms with van der Waals surface area (Å²) in [5, 5.41) is 0.746. The van der Waals surface area contributed by atoms with E-state index in [1.54, 1.807) is 31.4 Å². The molecule has 3 aromatic rings. The van der Waals surface area contributed by atoms with Gasteiger partial charge in [-0.05, 0) is 48.4 Å². The molecule has 5 nitrogen and oxygen atoms in total. The minimum Gasteiger partial charge on any atom is -0.497 e. The minimum atomic E-state index is -0.661. The van der Waals surface area contributed by atoms with Crippen LogP contribution < -0.4 is 4.74 Å². The molecule has 1 fully saturated rings. The lowest BCUT2D eigenvalue weighted by molar-refractivity contribution is -0.180. The third kappa shape index (κ3) is 5.58. The predicted molar refractivity (Wildman–Crippen MR) is 119 cm³/mol. The first-order valence-electron chi connectivity index (χ1n) is 9.93. The number of aryl methyl sites for hydroxylation is 1. The van der Waals surface area contributed by atoms with E-state index in [2.05, 4.69) is 29.2 Å². The Balaban J connectivity index is 1.39. The van der Waals surface area contributed by atoms with Crippen molar-refractivity contribution in [1.29, 1.82) is 0 Å². The third-order valence-corrected chi connectivity index (χ3v) is 6.50. The third-order valence-electron chi connectivity index (χ3n) is 5.10. The second-order valence-electron chi connectivity index (χ2n) is 7.31. The molecule has 0 saturated carbocycles. The van der Waals surface area contributed by atoms with Crippen molar-refractivity contribution in [1.82, 2.24) is 9.55 Å². The number of nitrogens with zero attached hydrogens (tertiary/aromatic N) is 2. The van der Waals surface area contributed by atoms with Gasteiger partial charge in [0, 0.05) is 34.5 Å². The van der Waals surface area contributed by atoms with E-state index in [-0.39, 0.29) is 6.10 Å². The molecular weight excluding hydrogens is 420 g/mol. The average molecular weight is 445 g/mol. The minimum absolute atomic E-state index is 0.0332. The van der Waals surface area contributed by atoms with Crippen molar-refractivity contribution >= 4 is 23.4 Å². The van der Waals surface area contributed by atoms with Crippen LogP contribution in [0.2, 0.25) is 5.02 Å². The standard InChI is InChI=1S/C23H25ClN2O3S/c1-27-20-6-8-22(9-7-20)30-15-21-14-28-23(29-21,16-26-13-12-25-17-26)11-10-18-2-4-19(24)5-3-18/h2-9,12-13,17,21H,10-11,14-16H2,1H3. The number of ether oxygens (including phenoxy) is 3. The Labute approximate surface area is 186 Å². The molecule has 1 aliphatic heterocycles. The van der Waals surface area contributed by atoms with Gasteiger partial charge in [0.2, 0.25) is 0 Å². The number of methoxy groups -OCH3 is 1. The second-order valence-corrected chi connectivity index (χ2v) is 8.84. The highest BCUT2D eigenvalue weighted by molar-refractivity contribution is 7.99. The summed E-state index contributed by atoms with van der Waals surface area (Å²) in [4.78, 5) is 5.34. The van der Waals surface area contributed by atoms with Gasteiger partial charge in [0.1, 0.15) is 5.75 Å². The summed E-state index contributed by atoms with van der Waals surface area (Å²) < 4.78 is 20.0. The Morgan fingerprint density at radius 2 is 2.00 bits per heavy atom. The van der Waals surface area contributed by atoms with Crippen LogP contribution >= 0.6 is 23.4 Å². The molecule has 0 amide bonds. The summed E-state index contributed by atoms with van der Waals surface area (Å²) in [5.74, 6) is 1.03. The molecule has 0 spiro atoms. The van der Waals surface area contributed by atoms with Crippen molar-refractivity contribution in [3.8, 4) is 5.75 Å². The van der Waals surface area contributed by atoms with Gasteiger partial charge in [-0.25, -0.2) is 4.98 Å². The fourth-order valence-electron chi connectivity index (χ4n) is 3.50. The van der Waals surface area contributed by atoms with E-state index in [4.69, 9.17) is 25.8 Å². The summed E-state index contributed by atoms with van der Waals surface area (Å²) in [6.45, 7) is 1.20. The van der Waals surface area contributed by atoms with Crippen molar-refractivity contribution in [2.75, 3.05) is 19.5 Å². The van der Waals surface area contributed by atoms with Crippen LogP contribution in [-0.2, 0) is 22.4 Å². The molecule has 2 unspecified atom stereocenters. The fraction of sp³-hybridized carbons (Fsp3) is 0.348. The molecule has 1 aliphatic rings. The highest BCUT2D eigenvalue weighted by atomic mass is 35.5. The number of hydrogen-bond acceptors (Lipinski definition) is 5. The molecule has 2 aromatic carbocycles. The first-order valence-corrected chi connectivity index (χ1v) is 11.3. The maximum absolute atomic E-state index is 6.49. The van der Waals surface area contributed by atoms with Gasteiger partial charge in [-0.2, -0.15) is 0 Å². The SMILES string of the molecule is COc1ccc(SCC2COC(CCc3ccc(Cl)cc3)(Cn3ccnc3)O2)cc1. The van der Waals surface area contributed by atoms with E-state index < -0.39 is 5.79 Å². The molecule has 0 bridgehead atoms. The summed E-state index contributed by atoms with van der Waals surface area (Å²) >= 11 is 7.78. The molecule has 2 heterocycles.